The molecule has 22 heavy (non-hydrogen) atoms. The van der Waals surface area contributed by atoms with Crippen LogP contribution in [-0.4, -0.2) is 31.1 Å². The standard InChI is InChI=1S/C18H21BrN2O/c1-22-18-8-7-14(19)9-15(18)16-11-21(12-17(16)20)10-13-5-3-2-4-6-13/h2-9,16-17H,10-12,20H2,1H3. The van der Waals surface area contributed by atoms with Crippen LogP contribution in [0.3, 0.4) is 0 Å². The molecule has 1 fully saturated rings. The molecule has 0 bridgehead atoms. The van der Waals surface area contributed by atoms with E-state index < -0.39 is 0 Å². The number of nitrogens with zero attached hydrogens (tertiary/aromatic N) is 1. The first-order valence-corrected chi connectivity index (χ1v) is 8.32. The Morgan fingerprint density at radius 3 is 2.68 bits per heavy atom. The van der Waals surface area contributed by atoms with E-state index in [0.717, 1.165) is 29.9 Å². The minimum atomic E-state index is 0.131. The summed E-state index contributed by atoms with van der Waals surface area (Å²) in [5, 5.41) is 0. The summed E-state index contributed by atoms with van der Waals surface area (Å²) < 4.78 is 6.59. The maximum Gasteiger partial charge on any atom is 0.122 e. The molecular formula is C18H21BrN2O. The topological polar surface area (TPSA) is 38.5 Å². The molecule has 4 heteroatoms. The second-order valence-corrected chi connectivity index (χ2v) is 6.75. The molecule has 1 heterocycles. The molecule has 0 saturated carbocycles. The number of nitrogens with two attached hydrogens (primary N) is 1. The lowest BCUT2D eigenvalue weighted by Crippen LogP contribution is -2.28. The minimum Gasteiger partial charge on any atom is -0.496 e. The first-order valence-electron chi connectivity index (χ1n) is 7.52. The fourth-order valence-electron chi connectivity index (χ4n) is 3.21. The van der Waals surface area contributed by atoms with Crippen molar-refractivity contribution < 1.29 is 4.74 Å². The maximum atomic E-state index is 6.42. The van der Waals surface area contributed by atoms with Gasteiger partial charge in [-0.15, -0.1) is 0 Å². The van der Waals surface area contributed by atoms with E-state index in [0.29, 0.717) is 5.92 Å². The molecule has 3 rings (SSSR count). The van der Waals surface area contributed by atoms with Gasteiger partial charge in [-0.25, -0.2) is 0 Å². The number of benzene rings is 2. The van der Waals surface area contributed by atoms with Gasteiger partial charge in [-0.1, -0.05) is 46.3 Å². The lowest BCUT2D eigenvalue weighted by atomic mass is 9.94. The second-order valence-electron chi connectivity index (χ2n) is 5.84. The average Bonchev–Trinajstić information content (AvgIpc) is 2.88. The fourth-order valence-corrected chi connectivity index (χ4v) is 3.59. The third kappa shape index (κ3) is 3.35. The first kappa shape index (κ1) is 15.5. The van der Waals surface area contributed by atoms with Crippen molar-refractivity contribution in [3.8, 4) is 5.75 Å². The molecule has 2 aromatic carbocycles. The quantitative estimate of drug-likeness (QED) is 0.907. The van der Waals surface area contributed by atoms with Gasteiger partial charge >= 0.3 is 0 Å². The SMILES string of the molecule is COc1ccc(Br)cc1C1CN(Cc2ccccc2)CC1N. The van der Waals surface area contributed by atoms with Crippen LogP contribution in [0.25, 0.3) is 0 Å². The highest BCUT2D eigenvalue weighted by molar-refractivity contribution is 9.10. The maximum absolute atomic E-state index is 6.42. The van der Waals surface area contributed by atoms with Crippen molar-refractivity contribution in [3.05, 3.63) is 64.1 Å². The molecule has 1 aliphatic heterocycles. The summed E-state index contributed by atoms with van der Waals surface area (Å²) in [5.41, 5.74) is 8.94. The second kappa shape index (κ2) is 6.82. The molecule has 2 atom stereocenters. The predicted molar refractivity (Wildman–Crippen MR) is 93.1 cm³/mol. The molecule has 2 unspecified atom stereocenters. The Kier molecular flexibility index (Phi) is 4.81. The van der Waals surface area contributed by atoms with Gasteiger partial charge < -0.3 is 10.5 Å². The summed E-state index contributed by atoms with van der Waals surface area (Å²) in [6, 6.07) is 16.8. The molecule has 0 amide bonds. The molecule has 0 aromatic heterocycles. The van der Waals surface area contributed by atoms with Gasteiger partial charge in [-0.2, -0.15) is 0 Å². The Morgan fingerprint density at radius 1 is 1.18 bits per heavy atom. The largest absolute Gasteiger partial charge is 0.496 e. The normalized spacial score (nSPS) is 22.0. The molecule has 3 nitrogen and oxygen atoms in total. The van der Waals surface area contributed by atoms with E-state index in [1.807, 2.05) is 18.2 Å². The first-order chi connectivity index (χ1) is 10.7. The predicted octanol–water partition coefficient (Wildman–Crippen LogP) is 3.38. The number of ether oxygens (including phenoxy) is 1. The Balaban J connectivity index is 1.77. The molecule has 0 radical (unpaired) electrons. The van der Waals surface area contributed by atoms with Crippen molar-refractivity contribution in [2.45, 2.75) is 18.5 Å². The molecule has 1 saturated heterocycles. The number of halogens is 1. The van der Waals surface area contributed by atoms with Gasteiger partial charge in [-0.3, -0.25) is 4.90 Å². The fraction of sp³-hybridized carbons (Fsp3) is 0.333. The molecule has 0 aliphatic carbocycles. The highest BCUT2D eigenvalue weighted by Crippen LogP contribution is 2.35. The van der Waals surface area contributed by atoms with Gasteiger partial charge in [0.25, 0.3) is 0 Å². The van der Waals surface area contributed by atoms with Crippen LogP contribution in [0.4, 0.5) is 0 Å². The smallest absolute Gasteiger partial charge is 0.122 e. The Labute approximate surface area is 140 Å². The van der Waals surface area contributed by atoms with E-state index in [9.17, 15) is 0 Å². The number of likely N-dealkylation sites (tertiary alicyclic amines) is 1. The zero-order chi connectivity index (χ0) is 15.5. The Bertz CT molecular complexity index is 632. The van der Waals surface area contributed by atoms with Gasteiger partial charge in [0.2, 0.25) is 0 Å². The lowest BCUT2D eigenvalue weighted by molar-refractivity contribution is 0.323. The van der Waals surface area contributed by atoms with Crippen LogP contribution in [0.15, 0.2) is 53.0 Å². The van der Waals surface area contributed by atoms with Crippen molar-refractivity contribution in [2.75, 3.05) is 20.2 Å². The molecule has 2 N–H and O–H groups in total. The number of rotatable bonds is 4. The molecule has 2 aromatic rings. The van der Waals surface area contributed by atoms with Crippen molar-refractivity contribution in [1.82, 2.24) is 4.90 Å². The van der Waals surface area contributed by atoms with Crippen LogP contribution < -0.4 is 10.5 Å². The third-order valence-corrected chi connectivity index (χ3v) is 4.77. The van der Waals surface area contributed by atoms with E-state index >= 15 is 0 Å². The van der Waals surface area contributed by atoms with E-state index in [4.69, 9.17) is 10.5 Å². The van der Waals surface area contributed by atoms with Gasteiger partial charge in [-0.05, 0) is 23.8 Å². The van der Waals surface area contributed by atoms with E-state index in [1.54, 1.807) is 7.11 Å². The van der Waals surface area contributed by atoms with Crippen LogP contribution in [0.5, 0.6) is 5.75 Å². The lowest BCUT2D eigenvalue weighted by Gasteiger charge is -2.19. The van der Waals surface area contributed by atoms with E-state index in [1.165, 1.54) is 11.1 Å². The third-order valence-electron chi connectivity index (χ3n) is 4.28. The number of methoxy groups -OCH3 is 1. The van der Waals surface area contributed by atoms with Crippen LogP contribution >= 0.6 is 15.9 Å². The highest BCUT2D eigenvalue weighted by atomic mass is 79.9. The molecule has 1 aliphatic rings. The van der Waals surface area contributed by atoms with Crippen LogP contribution in [-0.2, 0) is 6.54 Å². The van der Waals surface area contributed by atoms with Gasteiger partial charge in [0, 0.05) is 41.6 Å². The summed E-state index contributed by atoms with van der Waals surface area (Å²) >= 11 is 3.55. The Hall–Kier alpha value is -1.36. The van der Waals surface area contributed by atoms with Gasteiger partial charge in [0.15, 0.2) is 0 Å². The zero-order valence-corrected chi connectivity index (χ0v) is 14.3. The summed E-state index contributed by atoms with van der Waals surface area (Å²) in [6.45, 7) is 2.82. The highest BCUT2D eigenvalue weighted by Gasteiger charge is 2.33. The zero-order valence-electron chi connectivity index (χ0n) is 12.7. The van der Waals surface area contributed by atoms with Crippen molar-refractivity contribution in [3.63, 3.8) is 0 Å². The molecule has 0 spiro atoms. The summed E-state index contributed by atoms with van der Waals surface area (Å²) in [6.07, 6.45) is 0. The van der Waals surface area contributed by atoms with E-state index in [-0.39, 0.29) is 6.04 Å². The molecule has 116 valence electrons. The van der Waals surface area contributed by atoms with Gasteiger partial charge in [0.05, 0.1) is 7.11 Å². The number of hydrogen-bond donors (Lipinski definition) is 1. The summed E-state index contributed by atoms with van der Waals surface area (Å²) in [5.74, 6) is 1.22. The monoisotopic (exact) mass is 360 g/mol. The summed E-state index contributed by atoms with van der Waals surface area (Å²) in [7, 11) is 1.72. The molecular weight excluding hydrogens is 340 g/mol. The van der Waals surface area contributed by atoms with Crippen molar-refractivity contribution in [1.29, 1.82) is 0 Å². The minimum absolute atomic E-state index is 0.131. The summed E-state index contributed by atoms with van der Waals surface area (Å²) in [4.78, 5) is 2.42. The average molecular weight is 361 g/mol. The van der Waals surface area contributed by atoms with Crippen LogP contribution in [0.1, 0.15) is 17.0 Å². The van der Waals surface area contributed by atoms with Crippen molar-refractivity contribution >= 4 is 15.9 Å². The van der Waals surface area contributed by atoms with E-state index in [2.05, 4.69) is 51.2 Å². The van der Waals surface area contributed by atoms with Crippen molar-refractivity contribution in [2.24, 2.45) is 5.73 Å². The van der Waals surface area contributed by atoms with Gasteiger partial charge in [0.1, 0.15) is 5.75 Å². The Morgan fingerprint density at radius 2 is 1.95 bits per heavy atom. The van der Waals surface area contributed by atoms with Crippen LogP contribution in [0, 0.1) is 0 Å². The number of hydrogen-bond acceptors (Lipinski definition) is 3. The van der Waals surface area contributed by atoms with Crippen LogP contribution in [0.2, 0.25) is 0 Å².